The minimum Gasteiger partial charge on any atom is -0.469 e. The standard InChI is InChI=1S/C33H30F3N3O5S/c1-44-31(40)17-18-37-28-11-4-2-8-25(28)21-38-32(41)30-20-24-7-3-5-12-29(24)39(30)45(42,43)27-15-13-22(14-16-27)23-9-6-10-26(19-23)33(34,35)36/h2-16,19,30,37H,17-18,20-21H2,1H3,(H,38,41)/t30-/m0/s1. The van der Waals surface area contributed by atoms with Gasteiger partial charge in [-0.25, -0.2) is 8.42 Å². The molecule has 5 rings (SSSR count). The average molecular weight is 638 g/mol. The summed E-state index contributed by atoms with van der Waals surface area (Å²) in [4.78, 5) is 25.0. The van der Waals surface area contributed by atoms with Crippen molar-refractivity contribution in [2.24, 2.45) is 0 Å². The van der Waals surface area contributed by atoms with Gasteiger partial charge in [0.25, 0.3) is 10.0 Å². The Bertz CT molecular complexity index is 1810. The van der Waals surface area contributed by atoms with Crippen LogP contribution in [0.5, 0.6) is 0 Å². The summed E-state index contributed by atoms with van der Waals surface area (Å²) in [6.45, 7) is 0.431. The normalized spacial score (nSPS) is 14.5. The van der Waals surface area contributed by atoms with Gasteiger partial charge in [0.1, 0.15) is 6.04 Å². The number of hydrogen-bond acceptors (Lipinski definition) is 6. The van der Waals surface area contributed by atoms with E-state index in [-0.39, 0.29) is 35.8 Å². The van der Waals surface area contributed by atoms with Crippen molar-refractivity contribution in [3.63, 3.8) is 0 Å². The van der Waals surface area contributed by atoms with Crippen LogP contribution in [0.3, 0.4) is 0 Å². The second-order valence-corrected chi connectivity index (χ2v) is 12.2. The molecule has 0 saturated carbocycles. The van der Waals surface area contributed by atoms with E-state index in [1.807, 2.05) is 18.2 Å². The lowest BCUT2D eigenvalue weighted by molar-refractivity contribution is -0.140. The van der Waals surface area contributed by atoms with Gasteiger partial charge >= 0.3 is 12.1 Å². The number of carbonyl (C=O) groups is 2. The van der Waals surface area contributed by atoms with Crippen LogP contribution < -0.4 is 14.9 Å². The number of esters is 1. The highest BCUT2D eigenvalue weighted by Gasteiger charge is 2.42. The molecule has 0 radical (unpaired) electrons. The van der Waals surface area contributed by atoms with Crippen molar-refractivity contribution in [2.75, 3.05) is 23.3 Å². The quantitative estimate of drug-likeness (QED) is 0.214. The van der Waals surface area contributed by atoms with E-state index in [4.69, 9.17) is 0 Å². The highest BCUT2D eigenvalue weighted by molar-refractivity contribution is 7.93. The minimum absolute atomic E-state index is 0.104. The van der Waals surface area contributed by atoms with Crippen LogP contribution in [-0.4, -0.2) is 40.0 Å². The summed E-state index contributed by atoms with van der Waals surface area (Å²) in [7, 11) is -2.94. The fourth-order valence-electron chi connectivity index (χ4n) is 5.21. The maximum atomic E-state index is 14.0. The van der Waals surface area contributed by atoms with E-state index in [1.54, 1.807) is 30.3 Å². The zero-order chi connectivity index (χ0) is 32.2. The lowest BCUT2D eigenvalue weighted by Crippen LogP contribution is -2.47. The zero-order valence-electron chi connectivity index (χ0n) is 24.2. The Morgan fingerprint density at radius 1 is 0.911 bits per heavy atom. The Labute approximate surface area is 258 Å². The number of ether oxygens (including phenoxy) is 1. The van der Waals surface area contributed by atoms with Gasteiger partial charge in [-0.2, -0.15) is 13.2 Å². The molecule has 1 aliphatic rings. The Balaban J connectivity index is 1.37. The number of para-hydroxylation sites is 2. The van der Waals surface area contributed by atoms with Crippen LogP contribution in [0.4, 0.5) is 24.5 Å². The van der Waals surface area contributed by atoms with Crippen molar-refractivity contribution in [3.8, 4) is 11.1 Å². The lowest BCUT2D eigenvalue weighted by Gasteiger charge is -2.26. The number of amides is 1. The van der Waals surface area contributed by atoms with E-state index in [9.17, 15) is 31.2 Å². The SMILES string of the molecule is COC(=O)CCNc1ccccc1CNC(=O)[C@@H]1Cc2ccccc2N1S(=O)(=O)c1ccc(-c2cccc(C(F)(F)F)c2)cc1. The number of alkyl halides is 3. The van der Waals surface area contributed by atoms with Crippen molar-refractivity contribution >= 4 is 33.3 Å². The number of sulfonamides is 1. The van der Waals surface area contributed by atoms with Gasteiger partial charge in [-0.3, -0.25) is 13.9 Å². The maximum Gasteiger partial charge on any atom is 0.416 e. The van der Waals surface area contributed by atoms with Gasteiger partial charge in [-0.1, -0.05) is 60.7 Å². The lowest BCUT2D eigenvalue weighted by atomic mass is 10.0. The Kier molecular flexibility index (Phi) is 9.14. The van der Waals surface area contributed by atoms with Crippen molar-refractivity contribution in [2.45, 2.75) is 36.5 Å². The summed E-state index contributed by atoms with van der Waals surface area (Å²) >= 11 is 0. The molecule has 234 valence electrons. The molecule has 0 fully saturated rings. The van der Waals surface area contributed by atoms with Gasteiger partial charge in [-0.05, 0) is 58.7 Å². The first-order valence-electron chi connectivity index (χ1n) is 14.1. The van der Waals surface area contributed by atoms with Crippen LogP contribution in [0.2, 0.25) is 0 Å². The number of rotatable bonds is 10. The number of nitrogens with zero attached hydrogens (tertiary/aromatic N) is 1. The predicted molar refractivity (Wildman–Crippen MR) is 164 cm³/mol. The molecular formula is C33H30F3N3O5S. The largest absolute Gasteiger partial charge is 0.469 e. The molecule has 1 amide bonds. The monoisotopic (exact) mass is 637 g/mol. The number of methoxy groups -OCH3 is 1. The topological polar surface area (TPSA) is 105 Å². The molecule has 4 aromatic rings. The van der Waals surface area contributed by atoms with Crippen LogP contribution in [0.25, 0.3) is 11.1 Å². The highest BCUT2D eigenvalue weighted by Crippen LogP contribution is 2.38. The molecule has 1 heterocycles. The van der Waals surface area contributed by atoms with Crippen molar-refractivity contribution < 1.29 is 35.9 Å². The summed E-state index contributed by atoms with van der Waals surface area (Å²) < 4.78 is 73.5. The summed E-state index contributed by atoms with van der Waals surface area (Å²) in [5.74, 6) is -0.861. The van der Waals surface area contributed by atoms with Crippen molar-refractivity contribution in [3.05, 3.63) is 114 Å². The Morgan fingerprint density at radius 3 is 2.36 bits per heavy atom. The molecular weight excluding hydrogens is 607 g/mol. The molecule has 1 atom stereocenters. The molecule has 12 heteroatoms. The van der Waals surface area contributed by atoms with E-state index in [0.29, 0.717) is 29.0 Å². The summed E-state index contributed by atoms with van der Waals surface area (Å²) in [5.41, 5.74) is 2.41. The zero-order valence-corrected chi connectivity index (χ0v) is 25.0. The average Bonchev–Trinajstić information content (AvgIpc) is 3.44. The number of halogens is 3. The smallest absolute Gasteiger partial charge is 0.416 e. The van der Waals surface area contributed by atoms with E-state index < -0.39 is 33.7 Å². The Morgan fingerprint density at radius 2 is 1.62 bits per heavy atom. The Hall–Kier alpha value is -4.84. The molecule has 2 N–H and O–H groups in total. The van der Waals surface area contributed by atoms with Crippen LogP contribution in [0, 0.1) is 0 Å². The fourth-order valence-corrected chi connectivity index (χ4v) is 6.86. The van der Waals surface area contributed by atoms with Crippen LogP contribution >= 0.6 is 0 Å². The van der Waals surface area contributed by atoms with Gasteiger partial charge < -0.3 is 15.4 Å². The summed E-state index contributed by atoms with van der Waals surface area (Å²) in [5, 5.41) is 6.01. The first-order chi connectivity index (χ1) is 21.5. The second kappa shape index (κ2) is 13.0. The molecule has 0 bridgehead atoms. The third-order valence-corrected chi connectivity index (χ3v) is 9.34. The second-order valence-electron chi connectivity index (χ2n) is 10.4. The predicted octanol–water partition coefficient (Wildman–Crippen LogP) is 5.78. The maximum absolute atomic E-state index is 14.0. The van der Waals surface area contributed by atoms with Gasteiger partial charge in [0.15, 0.2) is 0 Å². The molecule has 45 heavy (non-hydrogen) atoms. The van der Waals surface area contributed by atoms with Crippen molar-refractivity contribution in [1.29, 1.82) is 0 Å². The van der Waals surface area contributed by atoms with Gasteiger partial charge in [0.05, 0.1) is 29.7 Å². The fraction of sp³-hybridized carbons (Fsp3) is 0.212. The van der Waals surface area contributed by atoms with Crippen LogP contribution in [0.15, 0.2) is 102 Å². The molecule has 0 unspecified atom stereocenters. The number of benzene rings is 4. The molecule has 8 nitrogen and oxygen atoms in total. The third kappa shape index (κ3) is 6.96. The molecule has 0 spiro atoms. The minimum atomic E-state index is -4.51. The first-order valence-corrected chi connectivity index (χ1v) is 15.5. The van der Waals surface area contributed by atoms with E-state index >= 15 is 0 Å². The number of hydrogen-bond donors (Lipinski definition) is 2. The first kappa shape index (κ1) is 31.6. The van der Waals surface area contributed by atoms with Gasteiger partial charge in [-0.15, -0.1) is 0 Å². The summed E-state index contributed by atoms with van der Waals surface area (Å²) in [6, 6.07) is 23.4. The molecule has 0 saturated heterocycles. The molecule has 0 aliphatic carbocycles. The molecule has 4 aromatic carbocycles. The molecule has 1 aliphatic heterocycles. The van der Waals surface area contributed by atoms with Gasteiger partial charge in [0, 0.05) is 25.2 Å². The van der Waals surface area contributed by atoms with Crippen molar-refractivity contribution in [1.82, 2.24) is 5.32 Å². The van der Waals surface area contributed by atoms with Gasteiger partial charge in [0.2, 0.25) is 5.91 Å². The van der Waals surface area contributed by atoms with E-state index in [0.717, 1.165) is 22.0 Å². The highest BCUT2D eigenvalue weighted by atomic mass is 32.2. The number of anilines is 2. The van der Waals surface area contributed by atoms with Crippen LogP contribution in [0.1, 0.15) is 23.1 Å². The van der Waals surface area contributed by atoms with E-state index in [2.05, 4.69) is 15.4 Å². The van der Waals surface area contributed by atoms with E-state index in [1.165, 1.54) is 43.5 Å². The molecule has 0 aromatic heterocycles. The number of nitrogens with one attached hydrogen (secondary N) is 2. The number of fused-ring (bicyclic) bond motifs is 1. The summed E-state index contributed by atoms with van der Waals surface area (Å²) in [6.07, 6.45) is -4.20. The number of carbonyl (C=O) groups excluding carboxylic acids is 2. The third-order valence-electron chi connectivity index (χ3n) is 7.51. The van der Waals surface area contributed by atoms with Crippen LogP contribution in [-0.2, 0) is 43.5 Å².